The maximum Gasteiger partial charge on any atom is 0.303 e. The molecule has 5 atom stereocenters. The molecule has 148 valence electrons. The van der Waals surface area contributed by atoms with Crippen molar-refractivity contribution in [1.29, 1.82) is 0 Å². The number of hydrogen-bond acceptors (Lipinski definition) is 6. The molecule has 0 aromatic heterocycles. The molecule has 1 heterocycles. The number of carbonyl (C=O) groups is 3. The Hall–Kier alpha value is -2.45. The van der Waals surface area contributed by atoms with Gasteiger partial charge < -0.3 is 24.8 Å². The van der Waals surface area contributed by atoms with Crippen molar-refractivity contribution in [2.75, 3.05) is 0 Å². The summed E-state index contributed by atoms with van der Waals surface area (Å²) in [6, 6.07) is 8.09. The summed E-state index contributed by atoms with van der Waals surface area (Å²) in [5.74, 6) is -1.14. The molecule has 0 spiro atoms. The normalized spacial score (nSPS) is 27.5. The zero-order valence-corrected chi connectivity index (χ0v) is 15.9. The molecule has 1 aliphatic heterocycles. The summed E-state index contributed by atoms with van der Waals surface area (Å²) in [5.41, 5.74) is 0.938. The van der Waals surface area contributed by atoms with Crippen LogP contribution >= 0.6 is 0 Å². The van der Waals surface area contributed by atoms with Crippen molar-refractivity contribution in [3.63, 3.8) is 0 Å². The first-order valence-corrected chi connectivity index (χ1v) is 8.80. The van der Waals surface area contributed by atoms with Crippen molar-refractivity contribution >= 4 is 17.8 Å². The van der Waals surface area contributed by atoms with E-state index in [2.05, 4.69) is 10.6 Å². The highest BCUT2D eigenvalue weighted by Crippen LogP contribution is 2.25. The molecular weight excluding hydrogens is 352 g/mol. The number of ether oxygens (including phenoxy) is 3. The highest BCUT2D eigenvalue weighted by Gasteiger charge is 2.47. The van der Waals surface area contributed by atoms with Gasteiger partial charge in [0.25, 0.3) is 0 Å². The van der Waals surface area contributed by atoms with Gasteiger partial charge in [0, 0.05) is 20.8 Å². The maximum atomic E-state index is 11.7. The second-order valence-electron chi connectivity index (χ2n) is 6.53. The van der Waals surface area contributed by atoms with E-state index in [4.69, 9.17) is 14.2 Å². The van der Waals surface area contributed by atoms with E-state index in [1.807, 2.05) is 30.3 Å². The van der Waals surface area contributed by atoms with Gasteiger partial charge in [0.2, 0.25) is 11.8 Å². The first-order valence-electron chi connectivity index (χ1n) is 8.80. The van der Waals surface area contributed by atoms with E-state index < -0.39 is 36.6 Å². The number of carbonyl (C=O) groups excluding carboxylic acids is 3. The summed E-state index contributed by atoms with van der Waals surface area (Å²) in [4.78, 5) is 35.0. The van der Waals surface area contributed by atoms with Crippen molar-refractivity contribution in [2.24, 2.45) is 0 Å². The van der Waals surface area contributed by atoms with Crippen LogP contribution < -0.4 is 10.6 Å². The maximum absolute atomic E-state index is 11.7. The molecule has 2 amide bonds. The summed E-state index contributed by atoms with van der Waals surface area (Å²) in [6.45, 7) is 5.99. The van der Waals surface area contributed by atoms with Crippen LogP contribution in [0.25, 0.3) is 0 Å². The second-order valence-corrected chi connectivity index (χ2v) is 6.53. The van der Waals surface area contributed by atoms with E-state index in [0.717, 1.165) is 5.56 Å². The fourth-order valence-electron chi connectivity index (χ4n) is 3.09. The summed E-state index contributed by atoms with van der Waals surface area (Å²) in [7, 11) is 0. The average Bonchev–Trinajstić information content (AvgIpc) is 2.59. The van der Waals surface area contributed by atoms with Gasteiger partial charge >= 0.3 is 5.97 Å². The molecule has 8 nitrogen and oxygen atoms in total. The summed E-state index contributed by atoms with van der Waals surface area (Å²) >= 11 is 0. The number of benzene rings is 1. The van der Waals surface area contributed by atoms with Crippen LogP contribution in [0.4, 0.5) is 0 Å². The highest BCUT2D eigenvalue weighted by molar-refractivity contribution is 5.75. The van der Waals surface area contributed by atoms with Crippen LogP contribution in [0.1, 0.15) is 33.3 Å². The minimum Gasteiger partial charge on any atom is -0.458 e. The van der Waals surface area contributed by atoms with Gasteiger partial charge in [0.05, 0.1) is 18.8 Å². The first kappa shape index (κ1) is 20.9. The molecule has 0 saturated carbocycles. The average molecular weight is 378 g/mol. The molecule has 2 rings (SSSR count). The van der Waals surface area contributed by atoms with Crippen molar-refractivity contribution in [3.8, 4) is 0 Å². The zero-order valence-electron chi connectivity index (χ0n) is 15.9. The van der Waals surface area contributed by atoms with Gasteiger partial charge in [0.1, 0.15) is 12.1 Å². The standard InChI is InChI=1S/C19H26N2O6/c1-11-18(27-14(4)24)16(20-12(2)22)17(21-13(3)23)19(26-11)25-10-15-8-6-5-7-9-15/h5-9,11,16-19H,10H2,1-4H3,(H,20,22)(H,21,23)/t11-,16+,17+,18-,19+/m0/s1. The monoisotopic (exact) mass is 378 g/mol. The molecule has 1 saturated heterocycles. The van der Waals surface area contributed by atoms with E-state index in [1.54, 1.807) is 6.92 Å². The minimum atomic E-state index is -0.826. The smallest absolute Gasteiger partial charge is 0.303 e. The molecule has 1 aliphatic rings. The Morgan fingerprint density at radius 1 is 1.00 bits per heavy atom. The van der Waals surface area contributed by atoms with Crippen LogP contribution in [0, 0.1) is 0 Å². The lowest BCUT2D eigenvalue weighted by molar-refractivity contribution is -0.248. The molecule has 1 aromatic rings. The predicted octanol–water partition coefficient (Wildman–Crippen LogP) is 0.889. The lowest BCUT2D eigenvalue weighted by atomic mass is 9.94. The lowest BCUT2D eigenvalue weighted by Gasteiger charge is -2.45. The Kier molecular flexibility index (Phi) is 7.32. The van der Waals surface area contributed by atoms with Crippen LogP contribution in [0.15, 0.2) is 30.3 Å². The fraction of sp³-hybridized carbons (Fsp3) is 0.526. The van der Waals surface area contributed by atoms with Gasteiger partial charge in [0.15, 0.2) is 6.29 Å². The van der Waals surface area contributed by atoms with Gasteiger partial charge in [-0.3, -0.25) is 14.4 Å². The summed E-state index contributed by atoms with van der Waals surface area (Å²) in [5, 5.41) is 5.51. The Morgan fingerprint density at radius 2 is 1.59 bits per heavy atom. The van der Waals surface area contributed by atoms with Crippen LogP contribution in [-0.4, -0.2) is 48.4 Å². The van der Waals surface area contributed by atoms with Gasteiger partial charge in [-0.2, -0.15) is 0 Å². The van der Waals surface area contributed by atoms with Gasteiger partial charge in [-0.05, 0) is 12.5 Å². The molecule has 1 aromatic carbocycles. The topological polar surface area (TPSA) is 103 Å². The minimum absolute atomic E-state index is 0.263. The lowest BCUT2D eigenvalue weighted by Crippen LogP contribution is -2.69. The molecule has 0 radical (unpaired) electrons. The van der Waals surface area contributed by atoms with Crippen molar-refractivity contribution < 1.29 is 28.6 Å². The number of amides is 2. The number of esters is 1. The van der Waals surface area contributed by atoms with Crippen molar-refractivity contribution in [3.05, 3.63) is 35.9 Å². The highest BCUT2D eigenvalue weighted by atomic mass is 16.7. The van der Waals surface area contributed by atoms with Crippen molar-refractivity contribution in [1.82, 2.24) is 10.6 Å². The molecule has 27 heavy (non-hydrogen) atoms. The van der Waals surface area contributed by atoms with E-state index in [9.17, 15) is 14.4 Å². The molecule has 0 unspecified atom stereocenters. The molecular formula is C19H26N2O6. The largest absolute Gasteiger partial charge is 0.458 e. The van der Waals surface area contributed by atoms with Gasteiger partial charge in [-0.15, -0.1) is 0 Å². The SMILES string of the molecule is CC(=O)N[C@@H]1[C@@H](NC(C)=O)[C@H](OCc2ccccc2)O[C@@H](C)[C@@H]1OC(C)=O. The Morgan fingerprint density at radius 3 is 2.15 bits per heavy atom. The second kappa shape index (κ2) is 9.48. The van der Waals surface area contributed by atoms with Crippen LogP contribution in [0.2, 0.25) is 0 Å². The Balaban J connectivity index is 2.24. The van der Waals surface area contributed by atoms with Crippen LogP contribution in [0.3, 0.4) is 0 Å². The predicted molar refractivity (Wildman–Crippen MR) is 96.3 cm³/mol. The van der Waals surface area contributed by atoms with Crippen LogP contribution in [-0.2, 0) is 35.2 Å². The van der Waals surface area contributed by atoms with E-state index >= 15 is 0 Å². The van der Waals surface area contributed by atoms with Crippen LogP contribution in [0.5, 0.6) is 0 Å². The third kappa shape index (κ3) is 6.04. The number of hydrogen-bond donors (Lipinski definition) is 2. The Bertz CT molecular complexity index is 665. The van der Waals surface area contributed by atoms with E-state index in [1.165, 1.54) is 20.8 Å². The Labute approximate surface area is 158 Å². The zero-order chi connectivity index (χ0) is 20.0. The third-order valence-corrected chi connectivity index (χ3v) is 4.14. The summed E-state index contributed by atoms with van der Waals surface area (Å²) in [6.07, 6.45) is -2.14. The van der Waals surface area contributed by atoms with E-state index in [-0.39, 0.29) is 18.4 Å². The van der Waals surface area contributed by atoms with Crippen molar-refractivity contribution in [2.45, 2.75) is 64.9 Å². The molecule has 8 heteroatoms. The molecule has 0 aliphatic carbocycles. The summed E-state index contributed by atoms with van der Waals surface area (Å²) < 4.78 is 17.1. The quantitative estimate of drug-likeness (QED) is 0.713. The molecule has 0 bridgehead atoms. The first-order chi connectivity index (χ1) is 12.8. The third-order valence-electron chi connectivity index (χ3n) is 4.14. The van der Waals surface area contributed by atoms with Gasteiger partial charge in [-0.25, -0.2) is 0 Å². The van der Waals surface area contributed by atoms with E-state index in [0.29, 0.717) is 0 Å². The molecule has 1 fully saturated rings. The number of rotatable bonds is 6. The number of nitrogens with one attached hydrogen (secondary N) is 2. The fourth-order valence-corrected chi connectivity index (χ4v) is 3.09. The molecule has 2 N–H and O–H groups in total. The van der Waals surface area contributed by atoms with Gasteiger partial charge in [-0.1, -0.05) is 30.3 Å².